The molecule has 2 heterocycles. The summed E-state index contributed by atoms with van der Waals surface area (Å²) in [6, 6.07) is 74.5. The van der Waals surface area contributed by atoms with Crippen LogP contribution in [0.2, 0.25) is 0 Å². The molecule has 9 aromatic carbocycles. The van der Waals surface area contributed by atoms with E-state index in [-0.39, 0.29) is 11.8 Å². The minimum atomic E-state index is -0.528. The summed E-state index contributed by atoms with van der Waals surface area (Å²) in [5, 5.41) is 5.25. The zero-order valence-corrected chi connectivity index (χ0v) is 33.5. The minimum Gasteiger partial charge on any atom is -0.457 e. The van der Waals surface area contributed by atoms with E-state index in [1.807, 2.05) is 11.3 Å². The van der Waals surface area contributed by atoms with Crippen LogP contribution in [0.15, 0.2) is 200 Å². The number of para-hydroxylation sites is 2. The number of rotatable bonds is 6. The van der Waals surface area contributed by atoms with Crippen molar-refractivity contribution in [1.29, 1.82) is 0 Å². The van der Waals surface area contributed by atoms with Gasteiger partial charge >= 0.3 is 0 Å². The largest absolute Gasteiger partial charge is 0.457 e. The van der Waals surface area contributed by atoms with Gasteiger partial charge in [0.25, 0.3) is 0 Å². The van der Waals surface area contributed by atoms with Gasteiger partial charge in [-0.1, -0.05) is 177 Å². The Morgan fingerprint density at radius 1 is 0.475 bits per heavy atom. The number of thiophene rings is 1. The van der Waals surface area contributed by atoms with Gasteiger partial charge in [0.15, 0.2) is 0 Å². The maximum absolute atomic E-state index is 6.71. The first kappa shape index (κ1) is 34.3. The minimum absolute atomic E-state index is 0.232. The average molecular weight is 773 g/mol. The van der Waals surface area contributed by atoms with Gasteiger partial charge < -0.3 is 4.74 Å². The SMILES string of the molecule is CC(c1ccc2sc3ccccc3c2c1)C(Cc1ccc2c(c1)C1(c3ccccc3Oc3ccccc31)c1ccc3ccccc3c1-2)c1ccc(-c2ccccc2)cc1. The summed E-state index contributed by atoms with van der Waals surface area (Å²) >= 11 is 1.89. The van der Waals surface area contributed by atoms with Crippen molar-refractivity contribution < 1.29 is 4.74 Å². The van der Waals surface area contributed by atoms with Crippen molar-refractivity contribution in [3.05, 3.63) is 239 Å². The summed E-state index contributed by atoms with van der Waals surface area (Å²) in [4.78, 5) is 0. The van der Waals surface area contributed by atoms with Crippen LogP contribution in [0.5, 0.6) is 11.5 Å². The predicted molar refractivity (Wildman–Crippen MR) is 247 cm³/mol. The van der Waals surface area contributed by atoms with E-state index in [1.165, 1.54) is 92.1 Å². The Morgan fingerprint density at radius 3 is 1.92 bits per heavy atom. The van der Waals surface area contributed by atoms with Gasteiger partial charge in [0, 0.05) is 31.3 Å². The molecule has 2 unspecified atom stereocenters. The van der Waals surface area contributed by atoms with Crippen molar-refractivity contribution >= 4 is 42.3 Å². The second-order valence-electron chi connectivity index (χ2n) is 16.4. The van der Waals surface area contributed by atoms with E-state index in [0.29, 0.717) is 0 Å². The maximum atomic E-state index is 6.71. The molecule has 2 heteroatoms. The normalized spacial score (nSPS) is 14.4. The smallest absolute Gasteiger partial charge is 0.132 e. The molecule has 1 aliphatic carbocycles. The van der Waals surface area contributed by atoms with Crippen LogP contribution in [-0.2, 0) is 11.8 Å². The molecule has 2 atom stereocenters. The highest BCUT2D eigenvalue weighted by Gasteiger charge is 2.51. The van der Waals surface area contributed by atoms with Crippen LogP contribution in [0.25, 0.3) is 53.2 Å². The second-order valence-corrected chi connectivity index (χ2v) is 17.5. The highest BCUT2D eigenvalue weighted by Crippen LogP contribution is 2.63. The Balaban J connectivity index is 1.05. The molecule has 10 aromatic rings. The van der Waals surface area contributed by atoms with E-state index in [9.17, 15) is 0 Å². The van der Waals surface area contributed by atoms with Crippen LogP contribution < -0.4 is 4.74 Å². The fourth-order valence-corrected chi connectivity index (χ4v) is 11.6. The van der Waals surface area contributed by atoms with E-state index in [2.05, 4.69) is 207 Å². The summed E-state index contributed by atoms with van der Waals surface area (Å²) in [7, 11) is 0. The summed E-state index contributed by atoms with van der Waals surface area (Å²) < 4.78 is 9.40. The van der Waals surface area contributed by atoms with Gasteiger partial charge in [-0.3, -0.25) is 0 Å². The van der Waals surface area contributed by atoms with E-state index >= 15 is 0 Å². The van der Waals surface area contributed by atoms with E-state index in [4.69, 9.17) is 4.74 Å². The van der Waals surface area contributed by atoms with Gasteiger partial charge in [-0.2, -0.15) is 0 Å². The van der Waals surface area contributed by atoms with Crippen LogP contribution in [0.3, 0.4) is 0 Å². The van der Waals surface area contributed by atoms with Crippen LogP contribution in [-0.4, -0.2) is 0 Å². The highest BCUT2D eigenvalue weighted by atomic mass is 32.1. The van der Waals surface area contributed by atoms with Crippen molar-refractivity contribution in [3.8, 4) is 33.8 Å². The number of fused-ring (bicyclic) bond motifs is 14. The molecular formula is C57H40OS. The molecule has 0 saturated heterocycles. The molecule has 12 rings (SSSR count). The van der Waals surface area contributed by atoms with Crippen molar-refractivity contribution in [2.45, 2.75) is 30.6 Å². The van der Waals surface area contributed by atoms with Crippen LogP contribution in [0, 0.1) is 0 Å². The van der Waals surface area contributed by atoms with Gasteiger partial charge in [-0.15, -0.1) is 11.3 Å². The number of hydrogen-bond donors (Lipinski definition) is 0. The van der Waals surface area contributed by atoms with Crippen molar-refractivity contribution in [2.75, 3.05) is 0 Å². The first-order valence-electron chi connectivity index (χ1n) is 20.7. The molecule has 2 aliphatic rings. The van der Waals surface area contributed by atoms with E-state index in [0.717, 1.165) is 17.9 Å². The van der Waals surface area contributed by atoms with Crippen molar-refractivity contribution in [3.63, 3.8) is 0 Å². The second kappa shape index (κ2) is 13.4. The van der Waals surface area contributed by atoms with Crippen molar-refractivity contribution in [2.24, 2.45) is 0 Å². The van der Waals surface area contributed by atoms with Gasteiger partial charge in [0.1, 0.15) is 11.5 Å². The molecule has 0 saturated carbocycles. The fourth-order valence-electron chi connectivity index (χ4n) is 10.5. The zero-order valence-electron chi connectivity index (χ0n) is 32.7. The number of benzene rings is 9. The lowest BCUT2D eigenvalue weighted by Gasteiger charge is -2.39. The third-order valence-corrected chi connectivity index (χ3v) is 14.5. The molecular weight excluding hydrogens is 733 g/mol. The molecule has 1 nitrogen and oxygen atoms in total. The molecule has 0 bridgehead atoms. The van der Waals surface area contributed by atoms with Gasteiger partial charge in [-0.25, -0.2) is 0 Å². The monoisotopic (exact) mass is 772 g/mol. The molecule has 0 N–H and O–H groups in total. The fraction of sp³-hybridized carbons (Fsp3) is 0.0877. The average Bonchev–Trinajstić information content (AvgIpc) is 3.82. The zero-order chi connectivity index (χ0) is 39.1. The first-order chi connectivity index (χ1) is 29.1. The molecule has 1 aromatic heterocycles. The van der Waals surface area contributed by atoms with Crippen molar-refractivity contribution in [1.82, 2.24) is 0 Å². The first-order valence-corrected chi connectivity index (χ1v) is 21.6. The quantitative estimate of drug-likeness (QED) is 0.164. The van der Waals surface area contributed by atoms with Gasteiger partial charge in [0.05, 0.1) is 5.41 Å². The molecule has 0 radical (unpaired) electrons. The lowest BCUT2D eigenvalue weighted by atomic mass is 9.65. The summed E-state index contributed by atoms with van der Waals surface area (Å²) in [6.07, 6.45) is 0.897. The molecule has 1 aliphatic heterocycles. The third kappa shape index (κ3) is 5.23. The van der Waals surface area contributed by atoms with Crippen LogP contribution in [0.1, 0.15) is 57.7 Å². The Morgan fingerprint density at radius 2 is 1.12 bits per heavy atom. The molecule has 280 valence electrons. The van der Waals surface area contributed by atoms with Crippen LogP contribution in [0.4, 0.5) is 0 Å². The summed E-state index contributed by atoms with van der Waals surface area (Å²) in [5.41, 5.74) is 13.7. The summed E-state index contributed by atoms with van der Waals surface area (Å²) in [6.45, 7) is 2.44. The van der Waals surface area contributed by atoms with Gasteiger partial charge in [-0.05, 0) is 109 Å². The standard InChI is InChI=1S/C57H40OS/c1-36(42-29-32-55-47(35-42)44-17-7-12-22-54(44)59-55)46(41-26-24-39(25-27-41)38-13-3-2-4-14-38)33-37-23-30-45-51(34-37)57(50-31-28-40-15-5-6-16-43(40)56(45)50)48-18-8-10-20-52(48)58-53-21-11-9-19-49(53)57/h2-32,34-36,46H,33H2,1H3. The Labute approximate surface area is 348 Å². The molecule has 0 fully saturated rings. The molecule has 0 amide bonds. The predicted octanol–water partition coefficient (Wildman–Crippen LogP) is 15.5. The Hall–Kier alpha value is -6.74. The highest BCUT2D eigenvalue weighted by molar-refractivity contribution is 7.25. The van der Waals surface area contributed by atoms with Crippen LogP contribution >= 0.6 is 11.3 Å². The summed E-state index contributed by atoms with van der Waals surface area (Å²) in [5.74, 6) is 2.33. The lowest BCUT2D eigenvalue weighted by Crippen LogP contribution is -2.32. The molecule has 1 spiro atoms. The topological polar surface area (TPSA) is 9.23 Å². The van der Waals surface area contributed by atoms with E-state index in [1.54, 1.807) is 0 Å². The number of ether oxygens (including phenoxy) is 1. The third-order valence-electron chi connectivity index (χ3n) is 13.3. The van der Waals surface area contributed by atoms with E-state index < -0.39 is 5.41 Å². The Bertz CT molecular complexity index is 3200. The Kier molecular flexibility index (Phi) is 7.80. The maximum Gasteiger partial charge on any atom is 0.132 e. The molecule has 59 heavy (non-hydrogen) atoms. The van der Waals surface area contributed by atoms with Gasteiger partial charge in [0.2, 0.25) is 0 Å². The lowest BCUT2D eigenvalue weighted by molar-refractivity contribution is 0.436. The number of hydrogen-bond acceptors (Lipinski definition) is 2.